The summed E-state index contributed by atoms with van der Waals surface area (Å²) in [5, 5.41) is 7.70. The monoisotopic (exact) mass is 703 g/mol. The highest BCUT2D eigenvalue weighted by molar-refractivity contribution is 7.86. The van der Waals surface area contributed by atoms with Crippen LogP contribution in [0.3, 0.4) is 0 Å². The third-order valence-corrected chi connectivity index (χ3v) is 8.36. The molecule has 48 heavy (non-hydrogen) atoms. The molecule has 16 nitrogen and oxygen atoms in total. The van der Waals surface area contributed by atoms with Crippen LogP contribution in [0.1, 0.15) is 21.6 Å². The molecule has 0 aliphatic carbocycles. The van der Waals surface area contributed by atoms with Crippen molar-refractivity contribution in [1.82, 2.24) is 10.3 Å². The number of amides is 3. The molecule has 256 valence electrons. The van der Waals surface area contributed by atoms with Crippen molar-refractivity contribution in [2.24, 2.45) is 0 Å². The van der Waals surface area contributed by atoms with E-state index in [9.17, 15) is 31.0 Å². The number of hydrogen-bond donors (Lipinski definition) is 6. The van der Waals surface area contributed by atoms with Crippen molar-refractivity contribution in [2.45, 2.75) is 23.6 Å². The summed E-state index contributed by atoms with van der Waals surface area (Å²) >= 11 is 0. The van der Waals surface area contributed by atoms with Crippen LogP contribution in [0.2, 0.25) is 0 Å². The highest BCUT2D eigenvalue weighted by Crippen LogP contribution is 2.31. The van der Waals surface area contributed by atoms with Gasteiger partial charge in [0.05, 0.1) is 25.6 Å². The van der Waals surface area contributed by atoms with Gasteiger partial charge in [0.15, 0.2) is 0 Å². The van der Waals surface area contributed by atoms with Crippen LogP contribution in [-0.2, 0) is 20.2 Å². The number of ether oxygens (including phenoxy) is 3. The zero-order valence-corrected chi connectivity index (χ0v) is 27.9. The Morgan fingerprint density at radius 1 is 0.771 bits per heavy atom. The van der Waals surface area contributed by atoms with Crippen LogP contribution in [0.4, 0.5) is 21.9 Å². The Kier molecular flexibility index (Phi) is 11.9. The van der Waals surface area contributed by atoms with E-state index in [1.165, 1.54) is 58.7 Å². The van der Waals surface area contributed by atoms with E-state index in [1.807, 2.05) is 0 Å². The van der Waals surface area contributed by atoms with Crippen LogP contribution in [0.25, 0.3) is 0 Å². The average molecular weight is 704 g/mol. The summed E-state index contributed by atoms with van der Waals surface area (Å²) in [6.07, 6.45) is 1.46. The van der Waals surface area contributed by atoms with Gasteiger partial charge in [-0.3, -0.25) is 18.9 Å². The fourth-order valence-electron chi connectivity index (χ4n) is 4.11. The fraction of sp³-hybridized carbons (Fsp3) is 0.167. The molecule has 1 aromatic heterocycles. The number of carbonyl (C=O) groups is 2. The zero-order valence-electron chi connectivity index (χ0n) is 26.3. The Morgan fingerprint density at radius 2 is 1.33 bits per heavy atom. The average Bonchev–Trinajstić information content (AvgIpc) is 3.01. The molecule has 0 aliphatic heterocycles. The number of anilines is 3. The van der Waals surface area contributed by atoms with Gasteiger partial charge >= 0.3 is 6.03 Å². The highest BCUT2D eigenvalue weighted by atomic mass is 32.2. The lowest BCUT2D eigenvalue weighted by atomic mass is 10.2. The van der Waals surface area contributed by atoms with Gasteiger partial charge in [0.1, 0.15) is 38.5 Å². The van der Waals surface area contributed by atoms with Gasteiger partial charge < -0.3 is 35.9 Å². The first-order valence-electron chi connectivity index (χ1n) is 13.6. The number of pyridine rings is 1. The molecule has 4 rings (SSSR count). The number of urea groups is 1. The Hall–Kier alpha value is -5.43. The molecule has 3 amide bonds. The molecule has 0 unspecified atom stereocenters. The predicted molar refractivity (Wildman–Crippen MR) is 176 cm³/mol. The van der Waals surface area contributed by atoms with E-state index in [1.54, 1.807) is 37.3 Å². The molecule has 0 radical (unpaired) electrons. The van der Waals surface area contributed by atoms with Crippen molar-refractivity contribution in [2.75, 3.05) is 37.6 Å². The van der Waals surface area contributed by atoms with Crippen LogP contribution in [0, 0.1) is 13.8 Å². The molecular weight excluding hydrogens is 670 g/mol. The lowest BCUT2D eigenvalue weighted by Gasteiger charge is -2.14. The minimum absolute atomic E-state index is 0.0607. The zero-order chi connectivity index (χ0) is 35.8. The molecule has 18 heteroatoms. The molecule has 0 saturated carbocycles. The highest BCUT2D eigenvalue weighted by Gasteiger charge is 2.19. The second-order valence-corrected chi connectivity index (χ2v) is 12.6. The molecule has 4 aromatic rings. The number of nitrogens with one attached hydrogen (secondary N) is 3. The van der Waals surface area contributed by atoms with Crippen molar-refractivity contribution in [3.05, 3.63) is 83.7 Å². The van der Waals surface area contributed by atoms with E-state index in [0.717, 1.165) is 6.07 Å². The first kappa shape index (κ1) is 37.0. The number of benzene rings is 3. The fourth-order valence-corrected chi connectivity index (χ4v) is 5.56. The van der Waals surface area contributed by atoms with Gasteiger partial charge in [-0.15, -0.1) is 0 Å². The number of aryl methyl sites for hydroxylation is 2. The lowest BCUT2D eigenvalue weighted by molar-refractivity contribution is 0.0957. The van der Waals surface area contributed by atoms with E-state index in [0.29, 0.717) is 28.4 Å². The summed E-state index contributed by atoms with van der Waals surface area (Å²) in [5.41, 5.74) is 7.37. The summed E-state index contributed by atoms with van der Waals surface area (Å²) < 4.78 is 78.6. The minimum atomic E-state index is -4.44. The van der Waals surface area contributed by atoms with Crippen LogP contribution in [-0.4, -0.2) is 64.1 Å². The topological polar surface area (TPSA) is 246 Å². The molecule has 7 N–H and O–H groups in total. The van der Waals surface area contributed by atoms with E-state index < -0.39 is 26.3 Å². The minimum Gasteiger partial charge on any atom is -0.495 e. The number of nitrogens with two attached hydrogens (primary N) is 1. The van der Waals surface area contributed by atoms with Crippen molar-refractivity contribution in [3.63, 3.8) is 0 Å². The van der Waals surface area contributed by atoms with Crippen LogP contribution < -0.4 is 35.9 Å². The summed E-state index contributed by atoms with van der Waals surface area (Å²) in [7, 11) is -4.48. The Labute approximate surface area is 276 Å². The van der Waals surface area contributed by atoms with E-state index in [2.05, 4.69) is 20.9 Å². The third kappa shape index (κ3) is 9.79. The third-order valence-electron chi connectivity index (χ3n) is 6.37. The molecule has 0 bridgehead atoms. The molecule has 1 heterocycles. The Morgan fingerprint density at radius 3 is 1.88 bits per heavy atom. The maximum Gasteiger partial charge on any atom is 0.323 e. The molecule has 0 aliphatic rings. The van der Waals surface area contributed by atoms with Gasteiger partial charge in [0.25, 0.3) is 26.1 Å². The second kappa shape index (κ2) is 15.4. The van der Waals surface area contributed by atoms with Crippen LogP contribution in [0.15, 0.2) is 76.7 Å². The van der Waals surface area contributed by atoms with Crippen molar-refractivity contribution in [1.29, 1.82) is 0 Å². The van der Waals surface area contributed by atoms with E-state index >= 15 is 0 Å². The normalized spacial score (nSPS) is 11.0. The van der Waals surface area contributed by atoms with Gasteiger partial charge in [0.2, 0.25) is 0 Å². The summed E-state index contributed by atoms with van der Waals surface area (Å²) in [6, 6.07) is 14.1. The standard InChI is InChI=1S/C22H22N4O7S.C8H11NO4S/c1-13-10-17(19(32-3)12-20(13)34(29,30)31)26-22(28)25-14-4-6-15(7-5-14)33-16-8-9-24-18(11-16)21(27)23-2;1-5-3-6(9)7(13-2)4-8(5)14(10,11)12/h4-12H,1-3H3,(H,23,27)(H2,25,26,28)(H,29,30,31);3-4H,9H2,1-2H3,(H,10,11,12). The van der Waals surface area contributed by atoms with Gasteiger partial charge in [-0.25, -0.2) is 4.79 Å². The molecule has 0 atom stereocenters. The first-order valence-corrected chi connectivity index (χ1v) is 16.5. The maximum atomic E-state index is 12.4. The summed E-state index contributed by atoms with van der Waals surface area (Å²) in [6.45, 7) is 3.02. The van der Waals surface area contributed by atoms with Gasteiger partial charge in [-0.05, 0) is 67.4 Å². The Balaban J connectivity index is 0.000000373. The number of aromatic nitrogens is 1. The smallest absolute Gasteiger partial charge is 0.323 e. The molecule has 0 spiro atoms. The van der Waals surface area contributed by atoms with Crippen molar-refractivity contribution < 1.29 is 49.7 Å². The second-order valence-electron chi connectivity index (χ2n) is 9.79. The number of hydrogen-bond acceptors (Lipinski definition) is 11. The van der Waals surface area contributed by atoms with Gasteiger partial charge in [0, 0.05) is 37.1 Å². The SMILES string of the molecule is CNC(=O)c1cc(Oc2ccc(NC(=O)Nc3cc(C)c(S(=O)(=O)O)cc3OC)cc2)ccn1.COc1cc(S(=O)(=O)O)c(C)cc1N. The maximum absolute atomic E-state index is 12.4. The molecule has 0 fully saturated rings. The Bertz CT molecular complexity index is 2040. The van der Waals surface area contributed by atoms with Gasteiger partial charge in [-0.2, -0.15) is 16.8 Å². The molecule has 3 aromatic carbocycles. The van der Waals surface area contributed by atoms with Crippen LogP contribution in [0.5, 0.6) is 23.0 Å². The number of carbonyl (C=O) groups excluding carboxylic acids is 2. The van der Waals surface area contributed by atoms with E-state index in [-0.39, 0.29) is 44.1 Å². The first-order chi connectivity index (χ1) is 22.5. The molecular formula is C30H33N5O11S2. The number of rotatable bonds is 9. The lowest BCUT2D eigenvalue weighted by Crippen LogP contribution is -2.20. The number of nitrogen functional groups attached to an aromatic ring is 1. The van der Waals surface area contributed by atoms with Gasteiger partial charge in [-0.1, -0.05) is 0 Å². The molecule has 0 saturated heterocycles. The predicted octanol–water partition coefficient (Wildman–Crippen LogP) is 4.27. The summed E-state index contributed by atoms with van der Waals surface area (Å²) in [5.74, 6) is 0.838. The summed E-state index contributed by atoms with van der Waals surface area (Å²) in [4.78, 5) is 27.6. The number of methoxy groups -OCH3 is 2. The van der Waals surface area contributed by atoms with E-state index in [4.69, 9.17) is 24.5 Å². The largest absolute Gasteiger partial charge is 0.495 e. The number of nitrogens with zero attached hydrogens (tertiary/aromatic N) is 1. The van der Waals surface area contributed by atoms with Crippen molar-refractivity contribution in [3.8, 4) is 23.0 Å². The van der Waals surface area contributed by atoms with Crippen LogP contribution >= 0.6 is 0 Å². The van der Waals surface area contributed by atoms with Crippen molar-refractivity contribution >= 4 is 49.2 Å². The quantitative estimate of drug-likeness (QED) is 0.105.